The maximum atomic E-state index is 9.38. The van der Waals surface area contributed by atoms with E-state index in [1.807, 2.05) is 24.3 Å². The van der Waals surface area contributed by atoms with E-state index in [4.69, 9.17) is 4.74 Å². The highest BCUT2D eigenvalue weighted by atomic mass is 16.5. The van der Waals surface area contributed by atoms with E-state index in [2.05, 4.69) is 0 Å². The molecule has 2 heteroatoms. The summed E-state index contributed by atoms with van der Waals surface area (Å²) in [4.78, 5) is 0. The topological polar surface area (TPSA) is 29.5 Å². The van der Waals surface area contributed by atoms with Gasteiger partial charge in [0.1, 0.15) is 5.75 Å². The molecule has 1 atom stereocenters. The molecule has 2 nitrogen and oxygen atoms in total. The summed E-state index contributed by atoms with van der Waals surface area (Å²) in [6.07, 6.45) is 2.19. The van der Waals surface area contributed by atoms with Crippen LogP contribution in [0.4, 0.5) is 0 Å². The Labute approximate surface area is 84.5 Å². The number of rotatable bonds is 4. The molecule has 1 fully saturated rings. The van der Waals surface area contributed by atoms with E-state index in [1.54, 1.807) is 6.92 Å². The van der Waals surface area contributed by atoms with Gasteiger partial charge in [-0.1, -0.05) is 12.1 Å². The summed E-state index contributed by atoms with van der Waals surface area (Å²) in [5.41, 5.74) is 0.915. The van der Waals surface area contributed by atoms with Crippen LogP contribution in [0, 0.1) is 5.92 Å². The van der Waals surface area contributed by atoms with Gasteiger partial charge in [-0.2, -0.15) is 0 Å². The molecular formula is C12H16O2. The van der Waals surface area contributed by atoms with Gasteiger partial charge in [0.15, 0.2) is 0 Å². The van der Waals surface area contributed by atoms with Crippen molar-refractivity contribution >= 4 is 0 Å². The van der Waals surface area contributed by atoms with Gasteiger partial charge in [-0.15, -0.1) is 0 Å². The van der Waals surface area contributed by atoms with Crippen LogP contribution in [0.5, 0.6) is 5.75 Å². The number of ether oxygens (including phenoxy) is 1. The second kappa shape index (κ2) is 4.01. The Bertz CT molecular complexity index is 303. The fourth-order valence-corrected chi connectivity index (χ4v) is 1.36. The lowest BCUT2D eigenvalue weighted by atomic mass is 10.1. The van der Waals surface area contributed by atoms with Crippen molar-refractivity contribution in [3.05, 3.63) is 29.8 Å². The third kappa shape index (κ3) is 2.48. The van der Waals surface area contributed by atoms with Crippen molar-refractivity contribution < 1.29 is 9.84 Å². The van der Waals surface area contributed by atoms with Crippen molar-refractivity contribution in [1.82, 2.24) is 0 Å². The molecule has 1 N–H and O–H groups in total. The molecule has 0 saturated heterocycles. The van der Waals surface area contributed by atoms with Gasteiger partial charge in [0.25, 0.3) is 0 Å². The SMILES string of the molecule is C[C@@H](O)c1cccc(OCC2CC2)c1. The van der Waals surface area contributed by atoms with Gasteiger partial charge in [-0.05, 0) is 43.4 Å². The van der Waals surface area contributed by atoms with Crippen LogP contribution in [-0.4, -0.2) is 11.7 Å². The molecule has 0 spiro atoms. The Balaban J connectivity index is 1.97. The molecular weight excluding hydrogens is 176 g/mol. The summed E-state index contributed by atoms with van der Waals surface area (Å²) in [5.74, 6) is 1.64. The lowest BCUT2D eigenvalue weighted by Crippen LogP contribution is -2.00. The quantitative estimate of drug-likeness (QED) is 0.794. The largest absolute Gasteiger partial charge is 0.493 e. The number of benzene rings is 1. The Morgan fingerprint density at radius 1 is 1.50 bits per heavy atom. The van der Waals surface area contributed by atoms with Crippen molar-refractivity contribution in [1.29, 1.82) is 0 Å². The molecule has 1 aromatic carbocycles. The van der Waals surface area contributed by atoms with Gasteiger partial charge in [-0.25, -0.2) is 0 Å². The summed E-state index contributed by atoms with van der Waals surface area (Å²) in [6, 6.07) is 7.68. The van der Waals surface area contributed by atoms with E-state index in [1.165, 1.54) is 12.8 Å². The zero-order chi connectivity index (χ0) is 9.97. The van der Waals surface area contributed by atoms with Gasteiger partial charge in [0, 0.05) is 0 Å². The monoisotopic (exact) mass is 192 g/mol. The predicted octanol–water partition coefficient (Wildman–Crippen LogP) is 2.53. The average molecular weight is 192 g/mol. The highest BCUT2D eigenvalue weighted by Crippen LogP contribution is 2.29. The summed E-state index contributed by atoms with van der Waals surface area (Å²) < 4.78 is 5.61. The fourth-order valence-electron chi connectivity index (χ4n) is 1.36. The van der Waals surface area contributed by atoms with Crippen molar-refractivity contribution in [3.63, 3.8) is 0 Å². The van der Waals surface area contributed by atoms with E-state index in [0.29, 0.717) is 0 Å². The number of hydrogen-bond donors (Lipinski definition) is 1. The van der Waals surface area contributed by atoms with Crippen molar-refractivity contribution in [2.75, 3.05) is 6.61 Å². The first kappa shape index (κ1) is 9.53. The Morgan fingerprint density at radius 2 is 2.29 bits per heavy atom. The third-order valence-electron chi connectivity index (χ3n) is 2.52. The Kier molecular flexibility index (Phi) is 2.73. The van der Waals surface area contributed by atoms with E-state index in [-0.39, 0.29) is 0 Å². The lowest BCUT2D eigenvalue weighted by molar-refractivity contribution is 0.198. The fraction of sp³-hybridized carbons (Fsp3) is 0.500. The van der Waals surface area contributed by atoms with Gasteiger partial charge >= 0.3 is 0 Å². The molecule has 0 aromatic heterocycles. The normalized spacial score (nSPS) is 17.9. The number of aliphatic hydroxyl groups is 1. The standard InChI is InChI=1S/C12H16O2/c1-9(13)11-3-2-4-12(7-11)14-8-10-5-6-10/h2-4,7,9-10,13H,5-6,8H2,1H3/t9-/m1/s1. The number of hydrogen-bond acceptors (Lipinski definition) is 2. The second-order valence-electron chi connectivity index (χ2n) is 4.00. The minimum Gasteiger partial charge on any atom is -0.493 e. The van der Waals surface area contributed by atoms with E-state index >= 15 is 0 Å². The molecule has 1 aliphatic carbocycles. The second-order valence-corrected chi connectivity index (χ2v) is 4.00. The molecule has 1 saturated carbocycles. The highest BCUT2D eigenvalue weighted by molar-refractivity contribution is 5.29. The predicted molar refractivity (Wildman–Crippen MR) is 55.3 cm³/mol. The zero-order valence-electron chi connectivity index (χ0n) is 8.44. The maximum absolute atomic E-state index is 9.38. The lowest BCUT2D eigenvalue weighted by Gasteiger charge is -2.08. The molecule has 0 unspecified atom stereocenters. The van der Waals surface area contributed by atoms with Crippen LogP contribution in [0.15, 0.2) is 24.3 Å². The Morgan fingerprint density at radius 3 is 2.93 bits per heavy atom. The van der Waals surface area contributed by atoms with Crippen LogP contribution >= 0.6 is 0 Å². The molecule has 76 valence electrons. The van der Waals surface area contributed by atoms with Crippen LogP contribution in [0.25, 0.3) is 0 Å². The molecule has 1 aliphatic rings. The minimum atomic E-state index is -0.417. The third-order valence-corrected chi connectivity index (χ3v) is 2.52. The molecule has 14 heavy (non-hydrogen) atoms. The van der Waals surface area contributed by atoms with Gasteiger partial charge in [0.05, 0.1) is 12.7 Å². The summed E-state index contributed by atoms with van der Waals surface area (Å²) in [5, 5.41) is 9.38. The zero-order valence-corrected chi connectivity index (χ0v) is 8.44. The minimum absolute atomic E-state index is 0.417. The van der Waals surface area contributed by atoms with E-state index in [0.717, 1.165) is 23.8 Å². The van der Waals surface area contributed by atoms with Gasteiger partial charge < -0.3 is 9.84 Å². The van der Waals surface area contributed by atoms with Crippen molar-refractivity contribution in [2.24, 2.45) is 5.92 Å². The molecule has 0 radical (unpaired) electrons. The highest BCUT2D eigenvalue weighted by Gasteiger charge is 2.21. The summed E-state index contributed by atoms with van der Waals surface area (Å²) >= 11 is 0. The van der Waals surface area contributed by atoms with Crippen LogP contribution in [0.1, 0.15) is 31.4 Å². The molecule has 0 aliphatic heterocycles. The molecule has 0 bridgehead atoms. The number of aliphatic hydroxyl groups excluding tert-OH is 1. The molecule has 2 rings (SSSR count). The first-order chi connectivity index (χ1) is 6.75. The van der Waals surface area contributed by atoms with Crippen LogP contribution in [-0.2, 0) is 0 Å². The van der Waals surface area contributed by atoms with Crippen LogP contribution in [0.3, 0.4) is 0 Å². The molecule has 1 aromatic rings. The molecule has 0 amide bonds. The maximum Gasteiger partial charge on any atom is 0.119 e. The van der Waals surface area contributed by atoms with Crippen LogP contribution in [0.2, 0.25) is 0 Å². The average Bonchev–Trinajstić information content (AvgIpc) is 2.99. The van der Waals surface area contributed by atoms with Gasteiger partial charge in [0.2, 0.25) is 0 Å². The summed E-state index contributed by atoms with van der Waals surface area (Å²) in [7, 11) is 0. The van der Waals surface area contributed by atoms with Crippen molar-refractivity contribution in [3.8, 4) is 5.75 Å². The summed E-state index contributed by atoms with van der Waals surface area (Å²) in [6.45, 7) is 2.59. The van der Waals surface area contributed by atoms with Crippen molar-refractivity contribution in [2.45, 2.75) is 25.9 Å². The Hall–Kier alpha value is -1.02. The van der Waals surface area contributed by atoms with Crippen LogP contribution < -0.4 is 4.74 Å². The van der Waals surface area contributed by atoms with Gasteiger partial charge in [-0.3, -0.25) is 0 Å². The first-order valence-corrected chi connectivity index (χ1v) is 5.16. The first-order valence-electron chi connectivity index (χ1n) is 5.16. The van der Waals surface area contributed by atoms with E-state index < -0.39 is 6.10 Å². The molecule has 0 heterocycles. The van der Waals surface area contributed by atoms with E-state index in [9.17, 15) is 5.11 Å². The smallest absolute Gasteiger partial charge is 0.119 e.